The van der Waals surface area contributed by atoms with E-state index in [9.17, 15) is 0 Å². The van der Waals surface area contributed by atoms with Gasteiger partial charge in [0.2, 0.25) is 0 Å². The fourth-order valence-electron chi connectivity index (χ4n) is 1.76. The van der Waals surface area contributed by atoms with Crippen molar-refractivity contribution in [3.05, 3.63) is 0 Å². The van der Waals surface area contributed by atoms with E-state index in [1.807, 2.05) is 5.01 Å². The third-order valence-electron chi connectivity index (χ3n) is 2.32. The average molecular weight is 172 g/mol. The lowest BCUT2D eigenvalue weighted by Crippen LogP contribution is -2.54. The zero-order chi connectivity index (χ0) is 9.03. The van der Waals surface area contributed by atoms with Gasteiger partial charge in [0, 0.05) is 31.7 Å². The van der Waals surface area contributed by atoms with E-state index in [2.05, 4.69) is 12.2 Å². The number of hydrazine groups is 1. The highest BCUT2D eigenvalue weighted by atomic mass is 15.4. The first-order valence-corrected chi connectivity index (χ1v) is 4.65. The number of nitrogens with two attached hydrogens (primary N) is 2. The Morgan fingerprint density at radius 2 is 2.33 bits per heavy atom. The van der Waals surface area contributed by atoms with Crippen molar-refractivity contribution >= 4 is 0 Å². The summed E-state index contributed by atoms with van der Waals surface area (Å²) in [4.78, 5) is 0. The fourth-order valence-corrected chi connectivity index (χ4v) is 1.76. The van der Waals surface area contributed by atoms with Crippen LogP contribution in [-0.2, 0) is 0 Å². The minimum atomic E-state index is -0.125. The van der Waals surface area contributed by atoms with Gasteiger partial charge in [0.05, 0.1) is 0 Å². The van der Waals surface area contributed by atoms with Gasteiger partial charge in [0.1, 0.15) is 0 Å². The maximum absolute atomic E-state index is 6.18. The molecule has 0 radical (unpaired) electrons. The first-order valence-electron chi connectivity index (χ1n) is 4.65. The SMILES string of the molecule is CCCC1(N)CNCCN(N)C1. The largest absolute Gasteiger partial charge is 0.323 e. The van der Waals surface area contributed by atoms with Crippen molar-refractivity contribution in [1.82, 2.24) is 10.3 Å². The molecule has 12 heavy (non-hydrogen) atoms. The minimum absolute atomic E-state index is 0.125. The van der Waals surface area contributed by atoms with Gasteiger partial charge in [-0.2, -0.15) is 0 Å². The van der Waals surface area contributed by atoms with Gasteiger partial charge in [-0.3, -0.25) is 5.84 Å². The molecular formula is C8H20N4. The maximum Gasteiger partial charge on any atom is 0.0423 e. The molecule has 1 aliphatic heterocycles. The van der Waals surface area contributed by atoms with Crippen LogP contribution in [0.3, 0.4) is 0 Å². The number of rotatable bonds is 2. The van der Waals surface area contributed by atoms with Crippen molar-refractivity contribution in [3.8, 4) is 0 Å². The van der Waals surface area contributed by atoms with Crippen molar-refractivity contribution in [1.29, 1.82) is 0 Å². The van der Waals surface area contributed by atoms with Gasteiger partial charge in [0.25, 0.3) is 0 Å². The smallest absolute Gasteiger partial charge is 0.0423 e. The molecule has 1 saturated heterocycles. The Balaban J connectivity index is 2.49. The molecule has 0 aromatic rings. The summed E-state index contributed by atoms with van der Waals surface area (Å²) in [6.07, 6.45) is 2.15. The number of nitrogens with zero attached hydrogens (tertiary/aromatic N) is 1. The van der Waals surface area contributed by atoms with Gasteiger partial charge in [-0.1, -0.05) is 13.3 Å². The van der Waals surface area contributed by atoms with Crippen molar-refractivity contribution in [3.63, 3.8) is 0 Å². The highest BCUT2D eigenvalue weighted by Crippen LogP contribution is 2.10. The molecule has 0 bridgehead atoms. The molecule has 0 aromatic carbocycles. The monoisotopic (exact) mass is 172 g/mol. The van der Waals surface area contributed by atoms with E-state index in [0.29, 0.717) is 0 Å². The van der Waals surface area contributed by atoms with E-state index in [4.69, 9.17) is 11.6 Å². The Hall–Kier alpha value is -0.160. The maximum atomic E-state index is 6.18. The summed E-state index contributed by atoms with van der Waals surface area (Å²) in [6, 6.07) is 0. The predicted octanol–water partition coefficient (Wildman–Crippen LogP) is -0.737. The molecule has 1 heterocycles. The lowest BCUT2D eigenvalue weighted by Gasteiger charge is -2.30. The zero-order valence-corrected chi connectivity index (χ0v) is 7.84. The lowest BCUT2D eigenvalue weighted by atomic mass is 9.95. The molecule has 0 spiro atoms. The van der Waals surface area contributed by atoms with Gasteiger partial charge < -0.3 is 11.1 Å². The Morgan fingerprint density at radius 1 is 1.58 bits per heavy atom. The molecule has 1 rings (SSSR count). The summed E-state index contributed by atoms with van der Waals surface area (Å²) in [5, 5.41) is 5.12. The zero-order valence-electron chi connectivity index (χ0n) is 7.84. The number of nitrogens with one attached hydrogen (secondary N) is 1. The van der Waals surface area contributed by atoms with Crippen LogP contribution in [0, 0.1) is 0 Å². The summed E-state index contributed by atoms with van der Waals surface area (Å²) in [7, 11) is 0. The van der Waals surface area contributed by atoms with Gasteiger partial charge in [-0.25, -0.2) is 5.01 Å². The average Bonchev–Trinajstić information content (AvgIpc) is 2.12. The molecule has 0 amide bonds. The fraction of sp³-hybridized carbons (Fsp3) is 1.00. The van der Waals surface area contributed by atoms with E-state index in [1.54, 1.807) is 0 Å². The molecule has 1 atom stereocenters. The molecule has 5 N–H and O–H groups in total. The quantitative estimate of drug-likeness (QED) is 0.480. The first kappa shape index (κ1) is 9.92. The predicted molar refractivity (Wildman–Crippen MR) is 50.5 cm³/mol. The molecule has 4 nitrogen and oxygen atoms in total. The molecule has 1 aliphatic rings. The standard InChI is InChI=1S/C8H20N4/c1-2-3-8(9)6-11-4-5-12(10)7-8/h11H,2-7,9-10H2,1H3. The van der Waals surface area contributed by atoms with E-state index in [-0.39, 0.29) is 5.54 Å². The van der Waals surface area contributed by atoms with Crippen LogP contribution in [-0.4, -0.2) is 36.7 Å². The van der Waals surface area contributed by atoms with Crippen molar-refractivity contribution in [2.24, 2.45) is 11.6 Å². The van der Waals surface area contributed by atoms with Crippen LogP contribution in [0.4, 0.5) is 0 Å². The summed E-state index contributed by atoms with van der Waals surface area (Å²) in [5.74, 6) is 5.75. The molecule has 4 heteroatoms. The molecule has 1 unspecified atom stereocenters. The summed E-state index contributed by atoms with van der Waals surface area (Å²) in [6.45, 7) is 5.67. The molecule has 0 aromatic heterocycles. The van der Waals surface area contributed by atoms with Crippen LogP contribution >= 0.6 is 0 Å². The Bertz CT molecular complexity index is 139. The van der Waals surface area contributed by atoms with Gasteiger partial charge >= 0.3 is 0 Å². The molecule has 1 fully saturated rings. The third-order valence-corrected chi connectivity index (χ3v) is 2.32. The Kier molecular flexibility index (Phi) is 3.46. The minimum Gasteiger partial charge on any atom is -0.323 e. The van der Waals surface area contributed by atoms with Crippen molar-refractivity contribution in [2.75, 3.05) is 26.2 Å². The Labute approximate surface area is 74.2 Å². The Morgan fingerprint density at radius 3 is 3.00 bits per heavy atom. The van der Waals surface area contributed by atoms with Crippen LogP contribution in [0.1, 0.15) is 19.8 Å². The molecular weight excluding hydrogens is 152 g/mol. The van der Waals surface area contributed by atoms with Gasteiger partial charge in [-0.15, -0.1) is 0 Å². The second-order valence-corrected chi connectivity index (χ2v) is 3.76. The van der Waals surface area contributed by atoms with Gasteiger partial charge in [-0.05, 0) is 6.42 Å². The lowest BCUT2D eigenvalue weighted by molar-refractivity contribution is 0.231. The number of hydrogen-bond donors (Lipinski definition) is 3. The summed E-state index contributed by atoms with van der Waals surface area (Å²) >= 11 is 0. The molecule has 72 valence electrons. The third kappa shape index (κ3) is 2.71. The van der Waals surface area contributed by atoms with Crippen LogP contribution in [0.25, 0.3) is 0 Å². The topological polar surface area (TPSA) is 67.3 Å². The molecule has 0 saturated carbocycles. The van der Waals surface area contributed by atoms with Gasteiger partial charge in [0.15, 0.2) is 0 Å². The van der Waals surface area contributed by atoms with Crippen LogP contribution in [0.5, 0.6) is 0 Å². The highest BCUT2D eigenvalue weighted by molar-refractivity contribution is 4.90. The van der Waals surface area contributed by atoms with Crippen LogP contribution in [0.2, 0.25) is 0 Å². The van der Waals surface area contributed by atoms with Crippen LogP contribution < -0.4 is 16.9 Å². The van der Waals surface area contributed by atoms with Crippen molar-refractivity contribution < 1.29 is 0 Å². The summed E-state index contributed by atoms with van der Waals surface area (Å²) < 4.78 is 0. The van der Waals surface area contributed by atoms with E-state index >= 15 is 0 Å². The van der Waals surface area contributed by atoms with Crippen molar-refractivity contribution in [2.45, 2.75) is 25.3 Å². The highest BCUT2D eigenvalue weighted by Gasteiger charge is 2.27. The van der Waals surface area contributed by atoms with Crippen LogP contribution in [0.15, 0.2) is 0 Å². The van der Waals surface area contributed by atoms with E-state index in [0.717, 1.165) is 39.0 Å². The first-order chi connectivity index (χ1) is 5.66. The second-order valence-electron chi connectivity index (χ2n) is 3.76. The van der Waals surface area contributed by atoms with E-state index < -0.39 is 0 Å². The number of hydrogen-bond acceptors (Lipinski definition) is 4. The molecule has 0 aliphatic carbocycles. The van der Waals surface area contributed by atoms with E-state index in [1.165, 1.54) is 0 Å². The normalized spacial score (nSPS) is 33.2. The summed E-state index contributed by atoms with van der Waals surface area (Å²) in [5.41, 5.74) is 6.05. The second kappa shape index (κ2) is 4.18.